The highest BCUT2D eigenvalue weighted by molar-refractivity contribution is 8.01. The molecule has 2 rings (SSSR count). The summed E-state index contributed by atoms with van der Waals surface area (Å²) in [6, 6.07) is 0. The number of nitrogens with zero attached hydrogens (tertiary/aromatic N) is 1. The van der Waals surface area contributed by atoms with E-state index in [0.29, 0.717) is 4.75 Å². The highest BCUT2D eigenvalue weighted by atomic mass is 32.2. The van der Waals surface area contributed by atoms with E-state index >= 15 is 0 Å². The summed E-state index contributed by atoms with van der Waals surface area (Å²) >= 11 is 2.24. The van der Waals surface area contributed by atoms with Gasteiger partial charge in [-0.25, -0.2) is 0 Å². The molecule has 0 spiro atoms. The third-order valence-corrected chi connectivity index (χ3v) is 5.17. The van der Waals surface area contributed by atoms with E-state index in [9.17, 15) is 0 Å². The molecule has 1 heterocycles. The molecule has 2 nitrogen and oxygen atoms in total. The molecule has 0 amide bonds. The number of piperazine rings is 1. The maximum Gasteiger partial charge on any atom is 0.0233 e. The first-order chi connectivity index (χ1) is 7.66. The Labute approximate surface area is 105 Å². The molecular formula is C13H26N2S. The van der Waals surface area contributed by atoms with Crippen LogP contribution in [0.25, 0.3) is 0 Å². The molecule has 16 heavy (non-hydrogen) atoms. The van der Waals surface area contributed by atoms with E-state index in [-0.39, 0.29) is 0 Å². The smallest absolute Gasteiger partial charge is 0.0233 e. The molecule has 94 valence electrons. The van der Waals surface area contributed by atoms with Crippen LogP contribution in [0, 0.1) is 0 Å². The van der Waals surface area contributed by atoms with E-state index in [4.69, 9.17) is 0 Å². The highest BCUT2D eigenvalue weighted by Crippen LogP contribution is 2.38. The standard InChI is InChI=1S/C13H26N2S/c1-13(2,16-12-5-3-4-6-12)11-15-9-7-14-8-10-15/h12,14H,3-11H2,1-2H3. The van der Waals surface area contributed by atoms with Crippen molar-refractivity contribution in [2.24, 2.45) is 0 Å². The first-order valence-corrected chi connectivity index (χ1v) is 7.65. The van der Waals surface area contributed by atoms with Crippen LogP contribution >= 0.6 is 11.8 Å². The second-order valence-corrected chi connectivity index (χ2v) is 7.82. The summed E-state index contributed by atoms with van der Waals surface area (Å²) in [6.07, 6.45) is 5.83. The lowest BCUT2D eigenvalue weighted by molar-refractivity contribution is 0.226. The van der Waals surface area contributed by atoms with Gasteiger partial charge < -0.3 is 5.32 Å². The average Bonchev–Trinajstić information content (AvgIpc) is 2.70. The number of hydrogen-bond acceptors (Lipinski definition) is 3. The lowest BCUT2D eigenvalue weighted by Crippen LogP contribution is -2.48. The van der Waals surface area contributed by atoms with Crippen LogP contribution in [0.2, 0.25) is 0 Å². The Hall–Kier alpha value is 0.270. The van der Waals surface area contributed by atoms with Crippen molar-refractivity contribution in [3.63, 3.8) is 0 Å². The molecule has 1 N–H and O–H groups in total. The molecule has 1 saturated carbocycles. The van der Waals surface area contributed by atoms with Crippen LogP contribution in [-0.4, -0.2) is 47.6 Å². The summed E-state index contributed by atoms with van der Waals surface area (Å²) in [4.78, 5) is 2.62. The summed E-state index contributed by atoms with van der Waals surface area (Å²) in [5.41, 5.74) is 0. The summed E-state index contributed by atoms with van der Waals surface area (Å²) in [5, 5.41) is 4.37. The Bertz CT molecular complexity index is 206. The van der Waals surface area contributed by atoms with Crippen molar-refractivity contribution in [2.45, 2.75) is 49.5 Å². The lowest BCUT2D eigenvalue weighted by atomic mass is 10.2. The summed E-state index contributed by atoms with van der Waals surface area (Å²) in [5.74, 6) is 0. The average molecular weight is 242 g/mol. The van der Waals surface area contributed by atoms with Gasteiger partial charge >= 0.3 is 0 Å². The fourth-order valence-corrected chi connectivity index (χ4v) is 4.63. The van der Waals surface area contributed by atoms with Gasteiger partial charge in [-0.05, 0) is 26.7 Å². The van der Waals surface area contributed by atoms with E-state index in [1.165, 1.54) is 58.4 Å². The zero-order valence-electron chi connectivity index (χ0n) is 10.8. The number of nitrogens with one attached hydrogen (secondary N) is 1. The summed E-state index contributed by atoms with van der Waals surface area (Å²) in [7, 11) is 0. The van der Waals surface area contributed by atoms with Crippen LogP contribution in [0.15, 0.2) is 0 Å². The lowest BCUT2D eigenvalue weighted by Gasteiger charge is -2.36. The Morgan fingerprint density at radius 3 is 2.44 bits per heavy atom. The first kappa shape index (κ1) is 12.7. The van der Waals surface area contributed by atoms with Gasteiger partial charge in [-0.2, -0.15) is 11.8 Å². The van der Waals surface area contributed by atoms with Crippen LogP contribution < -0.4 is 5.32 Å². The van der Waals surface area contributed by atoms with Gasteiger partial charge in [0.25, 0.3) is 0 Å². The van der Waals surface area contributed by atoms with Gasteiger partial charge in [0, 0.05) is 42.7 Å². The van der Waals surface area contributed by atoms with Crippen molar-refractivity contribution >= 4 is 11.8 Å². The molecule has 0 radical (unpaired) electrons. The molecule has 0 aromatic heterocycles. The highest BCUT2D eigenvalue weighted by Gasteiger charge is 2.28. The molecule has 0 aromatic rings. The zero-order chi connectivity index (χ0) is 11.4. The largest absolute Gasteiger partial charge is 0.314 e. The minimum atomic E-state index is 0.437. The Balaban J connectivity index is 1.76. The van der Waals surface area contributed by atoms with Crippen molar-refractivity contribution in [1.29, 1.82) is 0 Å². The van der Waals surface area contributed by atoms with Gasteiger partial charge in [0.2, 0.25) is 0 Å². The monoisotopic (exact) mass is 242 g/mol. The zero-order valence-corrected chi connectivity index (χ0v) is 11.6. The number of rotatable bonds is 4. The van der Waals surface area contributed by atoms with Crippen LogP contribution in [-0.2, 0) is 0 Å². The normalized spacial score (nSPS) is 25.1. The van der Waals surface area contributed by atoms with E-state index in [1.54, 1.807) is 0 Å². The quantitative estimate of drug-likeness (QED) is 0.815. The predicted molar refractivity (Wildman–Crippen MR) is 73.2 cm³/mol. The Kier molecular flexibility index (Phi) is 4.57. The molecule has 1 aliphatic carbocycles. The Morgan fingerprint density at radius 1 is 1.19 bits per heavy atom. The van der Waals surface area contributed by atoms with Gasteiger partial charge in [-0.1, -0.05) is 12.8 Å². The first-order valence-electron chi connectivity index (χ1n) is 6.77. The predicted octanol–water partition coefficient (Wildman–Crippen LogP) is 2.35. The maximum atomic E-state index is 3.43. The topological polar surface area (TPSA) is 15.3 Å². The van der Waals surface area contributed by atoms with Crippen LogP contribution in [0.1, 0.15) is 39.5 Å². The number of thioether (sulfide) groups is 1. The number of hydrogen-bond donors (Lipinski definition) is 1. The minimum Gasteiger partial charge on any atom is -0.314 e. The second-order valence-electron chi connectivity index (χ2n) is 5.81. The fourth-order valence-electron chi connectivity index (χ4n) is 2.90. The molecule has 0 aromatic carbocycles. The molecule has 3 heteroatoms. The molecule has 2 aliphatic rings. The van der Waals surface area contributed by atoms with Crippen molar-refractivity contribution in [3.05, 3.63) is 0 Å². The summed E-state index contributed by atoms with van der Waals surface area (Å²) in [6.45, 7) is 10.9. The van der Waals surface area contributed by atoms with Gasteiger partial charge in [-0.15, -0.1) is 0 Å². The molecule has 2 fully saturated rings. The van der Waals surface area contributed by atoms with Gasteiger partial charge in [0.05, 0.1) is 0 Å². The van der Waals surface area contributed by atoms with Gasteiger partial charge in [-0.3, -0.25) is 4.90 Å². The fraction of sp³-hybridized carbons (Fsp3) is 1.00. The molecule has 0 atom stereocenters. The third kappa shape index (κ3) is 3.94. The molecule has 1 saturated heterocycles. The van der Waals surface area contributed by atoms with Crippen molar-refractivity contribution in [1.82, 2.24) is 10.2 Å². The van der Waals surface area contributed by atoms with E-state index in [0.717, 1.165) is 5.25 Å². The summed E-state index contributed by atoms with van der Waals surface area (Å²) < 4.78 is 0.437. The maximum absolute atomic E-state index is 3.43. The van der Waals surface area contributed by atoms with Crippen molar-refractivity contribution in [3.8, 4) is 0 Å². The Morgan fingerprint density at radius 2 is 1.81 bits per heavy atom. The molecule has 1 aliphatic heterocycles. The van der Waals surface area contributed by atoms with E-state index in [1.807, 2.05) is 0 Å². The second kappa shape index (κ2) is 5.74. The third-order valence-electron chi connectivity index (χ3n) is 3.60. The van der Waals surface area contributed by atoms with Crippen LogP contribution in [0.5, 0.6) is 0 Å². The van der Waals surface area contributed by atoms with Crippen molar-refractivity contribution < 1.29 is 0 Å². The van der Waals surface area contributed by atoms with Gasteiger partial charge in [0.1, 0.15) is 0 Å². The van der Waals surface area contributed by atoms with Crippen molar-refractivity contribution in [2.75, 3.05) is 32.7 Å². The van der Waals surface area contributed by atoms with Crippen LogP contribution in [0.3, 0.4) is 0 Å². The molecule has 0 bridgehead atoms. The van der Waals surface area contributed by atoms with E-state index in [2.05, 4.69) is 35.8 Å². The van der Waals surface area contributed by atoms with E-state index < -0.39 is 0 Å². The molecule has 0 unspecified atom stereocenters. The van der Waals surface area contributed by atoms with Crippen LogP contribution in [0.4, 0.5) is 0 Å². The van der Waals surface area contributed by atoms with Gasteiger partial charge in [0.15, 0.2) is 0 Å². The minimum absolute atomic E-state index is 0.437. The molecular weight excluding hydrogens is 216 g/mol. The SMILES string of the molecule is CC(C)(CN1CCNCC1)SC1CCCC1.